The Morgan fingerprint density at radius 1 is 0.588 bits per heavy atom. The van der Waals surface area contributed by atoms with Crippen molar-refractivity contribution in [2.75, 3.05) is 0 Å². The number of amidine groups is 1. The lowest BCUT2D eigenvalue weighted by atomic mass is 9.67. The fourth-order valence-corrected chi connectivity index (χ4v) is 7.41. The number of rotatable bonds is 8. The Hall–Kier alpha value is -6.54. The van der Waals surface area contributed by atoms with Crippen LogP contribution in [-0.4, -0.2) is 5.84 Å². The molecule has 51 heavy (non-hydrogen) atoms. The van der Waals surface area contributed by atoms with Crippen LogP contribution < -0.4 is 11.1 Å². The molecule has 0 spiro atoms. The topological polar surface area (TPSA) is 74.2 Å². The Balaban J connectivity index is 1.18. The van der Waals surface area contributed by atoms with Gasteiger partial charge in [0.15, 0.2) is 0 Å². The Labute approximate surface area is 299 Å². The van der Waals surface area contributed by atoms with Crippen LogP contribution in [0.15, 0.2) is 187 Å². The van der Waals surface area contributed by atoms with E-state index in [2.05, 4.69) is 133 Å². The molecule has 0 aromatic heterocycles. The van der Waals surface area contributed by atoms with Gasteiger partial charge in [0.1, 0.15) is 12.0 Å². The average Bonchev–Trinajstić information content (AvgIpc) is 3.51. The first-order valence-electron chi connectivity index (χ1n) is 17.2. The normalized spacial score (nSPS) is 13.5. The predicted molar refractivity (Wildman–Crippen MR) is 207 cm³/mol. The lowest BCUT2D eigenvalue weighted by Gasteiger charge is -2.34. The molecule has 1 aliphatic rings. The largest absolute Gasteiger partial charge is 0.351 e. The Morgan fingerprint density at radius 3 is 1.65 bits per heavy atom. The third kappa shape index (κ3) is 5.91. The minimum atomic E-state index is -0.529. The van der Waals surface area contributed by atoms with E-state index in [4.69, 9.17) is 10.7 Å². The molecule has 3 N–H and O–H groups in total. The molecule has 0 fully saturated rings. The van der Waals surface area contributed by atoms with Crippen LogP contribution >= 0.6 is 0 Å². The Kier molecular flexibility index (Phi) is 8.56. The van der Waals surface area contributed by atoms with Gasteiger partial charge < -0.3 is 11.1 Å². The van der Waals surface area contributed by atoms with E-state index >= 15 is 0 Å². The summed E-state index contributed by atoms with van der Waals surface area (Å²) in [5.74, 6) is 0.758. The maximum absolute atomic E-state index is 9.28. The number of aliphatic imine (C=N–C) groups is 1. The van der Waals surface area contributed by atoms with Crippen molar-refractivity contribution in [1.82, 2.24) is 5.32 Å². The van der Waals surface area contributed by atoms with Crippen LogP contribution in [0.3, 0.4) is 0 Å². The van der Waals surface area contributed by atoms with Crippen molar-refractivity contribution in [2.45, 2.75) is 18.1 Å². The van der Waals surface area contributed by atoms with Crippen molar-refractivity contribution >= 4 is 5.84 Å². The van der Waals surface area contributed by atoms with E-state index in [1.54, 1.807) is 0 Å². The molecule has 0 amide bonds. The van der Waals surface area contributed by atoms with Gasteiger partial charge in [-0.15, -0.1) is 0 Å². The summed E-state index contributed by atoms with van der Waals surface area (Å²) in [4.78, 5) is 4.96. The molecule has 1 unspecified atom stereocenters. The molecule has 0 saturated carbocycles. The van der Waals surface area contributed by atoms with Gasteiger partial charge in [-0.05, 0) is 67.8 Å². The van der Waals surface area contributed by atoms with Crippen LogP contribution in [0, 0.1) is 11.3 Å². The highest BCUT2D eigenvalue weighted by Gasteiger charge is 2.45. The Bertz CT molecular complexity index is 2310. The van der Waals surface area contributed by atoms with Gasteiger partial charge in [0.25, 0.3) is 0 Å². The average molecular weight is 657 g/mol. The second kappa shape index (κ2) is 13.8. The molecule has 7 aromatic rings. The van der Waals surface area contributed by atoms with Crippen molar-refractivity contribution in [3.63, 3.8) is 0 Å². The summed E-state index contributed by atoms with van der Waals surface area (Å²) in [5.41, 5.74) is 19.6. The number of hydrogen-bond donors (Lipinski definition) is 2. The van der Waals surface area contributed by atoms with Gasteiger partial charge in [0, 0.05) is 5.56 Å². The zero-order valence-electron chi connectivity index (χ0n) is 28.1. The number of nitrogens with two attached hydrogens (primary N) is 1. The number of nitrogens with zero attached hydrogens (tertiary/aromatic N) is 2. The highest BCUT2D eigenvalue weighted by molar-refractivity contribution is 5.99. The predicted octanol–water partition coefficient (Wildman–Crippen LogP) is 9.78. The van der Waals surface area contributed by atoms with Crippen LogP contribution in [0.4, 0.5) is 0 Å². The van der Waals surface area contributed by atoms with Gasteiger partial charge in [-0.2, -0.15) is 5.26 Å². The molecular weight excluding hydrogens is 621 g/mol. The number of fused-ring (bicyclic) bond motifs is 3. The van der Waals surface area contributed by atoms with Crippen LogP contribution in [0.1, 0.15) is 50.7 Å². The molecule has 7 aromatic carbocycles. The molecule has 4 nitrogen and oxygen atoms in total. The quantitative estimate of drug-likeness (QED) is 0.0972. The molecule has 4 heteroatoms. The molecule has 0 saturated heterocycles. The summed E-state index contributed by atoms with van der Waals surface area (Å²) in [5, 5.41) is 12.8. The van der Waals surface area contributed by atoms with E-state index in [1.165, 1.54) is 33.4 Å². The van der Waals surface area contributed by atoms with Crippen LogP contribution in [0.2, 0.25) is 0 Å². The number of benzene rings is 7. The van der Waals surface area contributed by atoms with Gasteiger partial charge in [0.2, 0.25) is 0 Å². The molecule has 0 radical (unpaired) electrons. The van der Waals surface area contributed by atoms with Crippen LogP contribution in [0.5, 0.6) is 0 Å². The van der Waals surface area contributed by atoms with E-state index in [9.17, 15) is 5.26 Å². The number of nitriles is 1. The van der Waals surface area contributed by atoms with Crippen molar-refractivity contribution in [3.05, 3.63) is 226 Å². The molecule has 0 bridgehead atoms. The third-order valence-electron chi connectivity index (χ3n) is 9.92. The monoisotopic (exact) mass is 656 g/mol. The van der Waals surface area contributed by atoms with Crippen LogP contribution in [-0.2, 0) is 12.0 Å². The summed E-state index contributed by atoms with van der Waals surface area (Å²) in [6.45, 7) is 0.551. The van der Waals surface area contributed by atoms with Crippen LogP contribution in [0.25, 0.3) is 22.3 Å². The molecule has 0 aliphatic heterocycles. The van der Waals surface area contributed by atoms with Gasteiger partial charge in [-0.1, -0.05) is 170 Å². The summed E-state index contributed by atoms with van der Waals surface area (Å²) in [6, 6.07) is 65.5. The maximum atomic E-state index is 9.28. The lowest BCUT2D eigenvalue weighted by molar-refractivity contribution is 0.676. The molecule has 1 atom stereocenters. The van der Waals surface area contributed by atoms with Gasteiger partial charge in [-0.25, -0.2) is 0 Å². The van der Waals surface area contributed by atoms with Gasteiger partial charge in [0.05, 0.1) is 23.6 Å². The van der Waals surface area contributed by atoms with Gasteiger partial charge in [-0.3, -0.25) is 4.99 Å². The highest BCUT2D eigenvalue weighted by Crippen LogP contribution is 2.56. The van der Waals surface area contributed by atoms with E-state index in [1.807, 2.05) is 60.7 Å². The first-order chi connectivity index (χ1) is 25.1. The standard InChI is InChI=1S/C47H36N4/c48-31-33-19-21-35(22-20-33)36-23-27-39(28-24-36)47(43-17-9-7-15-41(43)42-16-8-10-18-44(42)47)40-29-25-37(26-30-40)45(49)51-46(38-13-5-2-6-14-38)50-32-34-11-3-1-4-12-34/h1-30,45H,32,49H2,(H,50,51). The number of nitrogens with one attached hydrogen (secondary N) is 1. The summed E-state index contributed by atoms with van der Waals surface area (Å²) in [6.07, 6.45) is -0.473. The summed E-state index contributed by atoms with van der Waals surface area (Å²) < 4.78 is 0. The van der Waals surface area contributed by atoms with E-state index < -0.39 is 11.6 Å². The fraction of sp³-hybridized carbons (Fsp3) is 0.0638. The maximum Gasteiger partial charge on any atom is 0.130 e. The highest BCUT2D eigenvalue weighted by atomic mass is 15.1. The summed E-state index contributed by atoms with van der Waals surface area (Å²) >= 11 is 0. The van der Waals surface area contributed by atoms with E-state index in [0.29, 0.717) is 12.1 Å². The molecular formula is C47H36N4. The second-order valence-corrected chi connectivity index (χ2v) is 12.9. The van der Waals surface area contributed by atoms with Crippen molar-refractivity contribution < 1.29 is 0 Å². The van der Waals surface area contributed by atoms with Crippen molar-refractivity contribution in [2.24, 2.45) is 10.7 Å². The first-order valence-corrected chi connectivity index (χ1v) is 17.2. The molecule has 244 valence electrons. The second-order valence-electron chi connectivity index (χ2n) is 12.9. The smallest absolute Gasteiger partial charge is 0.130 e. The first kappa shape index (κ1) is 31.7. The lowest BCUT2D eigenvalue weighted by Crippen LogP contribution is -2.35. The van der Waals surface area contributed by atoms with E-state index in [0.717, 1.165) is 33.7 Å². The molecule has 8 rings (SSSR count). The zero-order valence-corrected chi connectivity index (χ0v) is 28.1. The minimum Gasteiger partial charge on any atom is -0.351 e. The summed E-state index contributed by atoms with van der Waals surface area (Å²) in [7, 11) is 0. The SMILES string of the molecule is N#Cc1ccc(-c2ccc(C3(c4ccc(C(N)NC(=NCc5ccccc5)c5ccccc5)cc4)c4ccccc4-c4ccccc43)cc2)cc1. The van der Waals surface area contributed by atoms with Crippen molar-refractivity contribution in [1.29, 1.82) is 5.26 Å². The van der Waals surface area contributed by atoms with E-state index in [-0.39, 0.29) is 0 Å². The molecule has 1 aliphatic carbocycles. The Morgan fingerprint density at radius 2 is 1.08 bits per heavy atom. The van der Waals surface area contributed by atoms with Gasteiger partial charge >= 0.3 is 0 Å². The van der Waals surface area contributed by atoms with Crippen molar-refractivity contribution in [3.8, 4) is 28.3 Å². The zero-order chi connectivity index (χ0) is 34.6. The number of hydrogen-bond acceptors (Lipinski definition) is 3. The third-order valence-corrected chi connectivity index (χ3v) is 9.92. The fourth-order valence-electron chi connectivity index (χ4n) is 7.41. The minimum absolute atomic E-state index is 0.473. The molecule has 0 heterocycles.